The molecule has 4 nitrogen and oxygen atoms in total. The molecule has 0 amide bonds. The zero-order valence-corrected chi connectivity index (χ0v) is 11.0. The van der Waals surface area contributed by atoms with Gasteiger partial charge < -0.3 is 10.3 Å². The Morgan fingerprint density at radius 2 is 1.94 bits per heavy atom. The normalized spacial score (nSPS) is 12.9. The summed E-state index contributed by atoms with van der Waals surface area (Å²) in [5.41, 5.74) is 8.57. The van der Waals surface area contributed by atoms with Crippen LogP contribution in [0.15, 0.2) is 37.1 Å². The summed E-state index contributed by atoms with van der Waals surface area (Å²) in [5, 5.41) is 0. The fourth-order valence-electron chi connectivity index (χ4n) is 1.94. The van der Waals surface area contributed by atoms with E-state index in [1.807, 2.05) is 37.1 Å². The van der Waals surface area contributed by atoms with Gasteiger partial charge in [0.2, 0.25) is 0 Å². The molecule has 4 heteroatoms. The molecule has 1 unspecified atom stereocenters. The van der Waals surface area contributed by atoms with Gasteiger partial charge in [-0.05, 0) is 30.0 Å². The number of pyridine rings is 1. The molecule has 2 rings (SSSR count). The van der Waals surface area contributed by atoms with E-state index in [-0.39, 0.29) is 6.04 Å². The van der Waals surface area contributed by atoms with Gasteiger partial charge in [-0.1, -0.05) is 13.8 Å². The van der Waals surface area contributed by atoms with Crippen LogP contribution in [0.2, 0.25) is 0 Å². The van der Waals surface area contributed by atoms with Gasteiger partial charge in [0.05, 0.1) is 12.0 Å². The highest BCUT2D eigenvalue weighted by molar-refractivity contribution is 5.11. The molecule has 0 spiro atoms. The Morgan fingerprint density at radius 1 is 1.22 bits per heavy atom. The Labute approximate surface area is 108 Å². The molecule has 0 bridgehead atoms. The number of imidazole rings is 1. The number of rotatable bonds is 5. The summed E-state index contributed by atoms with van der Waals surface area (Å²) in [5.74, 6) is 0.418. The Morgan fingerprint density at radius 3 is 2.61 bits per heavy atom. The highest BCUT2D eigenvalue weighted by Crippen LogP contribution is 2.18. The van der Waals surface area contributed by atoms with Crippen molar-refractivity contribution in [2.75, 3.05) is 0 Å². The van der Waals surface area contributed by atoms with Gasteiger partial charge in [-0.15, -0.1) is 0 Å². The fourth-order valence-corrected chi connectivity index (χ4v) is 1.94. The van der Waals surface area contributed by atoms with Crippen molar-refractivity contribution in [1.82, 2.24) is 14.5 Å². The largest absolute Gasteiger partial charge is 0.333 e. The number of aryl methyl sites for hydroxylation is 2. The summed E-state index contributed by atoms with van der Waals surface area (Å²) in [4.78, 5) is 8.23. The highest BCUT2D eigenvalue weighted by Gasteiger charge is 2.14. The van der Waals surface area contributed by atoms with E-state index in [9.17, 15) is 0 Å². The lowest BCUT2D eigenvalue weighted by atomic mass is 10.0. The maximum atomic E-state index is 6.18. The second kappa shape index (κ2) is 5.78. The van der Waals surface area contributed by atoms with Crippen molar-refractivity contribution in [3.8, 4) is 0 Å². The predicted octanol–water partition coefficient (Wildman–Crippen LogP) is 2.18. The summed E-state index contributed by atoms with van der Waals surface area (Å²) in [7, 11) is 0. The molecule has 0 radical (unpaired) electrons. The second-order valence-electron chi connectivity index (χ2n) is 4.89. The van der Waals surface area contributed by atoms with Crippen LogP contribution in [0.25, 0.3) is 0 Å². The van der Waals surface area contributed by atoms with Gasteiger partial charge in [0.15, 0.2) is 0 Å². The molecule has 0 aliphatic carbocycles. The van der Waals surface area contributed by atoms with Crippen molar-refractivity contribution in [2.45, 2.75) is 32.9 Å². The zero-order valence-electron chi connectivity index (χ0n) is 11.0. The maximum absolute atomic E-state index is 6.18. The Hall–Kier alpha value is -1.68. The van der Waals surface area contributed by atoms with Gasteiger partial charge in [-0.25, -0.2) is 4.98 Å². The van der Waals surface area contributed by atoms with Crippen LogP contribution in [0.4, 0.5) is 0 Å². The third kappa shape index (κ3) is 2.96. The zero-order chi connectivity index (χ0) is 13.0. The standard InChI is InChI=1S/C14H20N4/c1-11(2)14(15)13-9-17-10-18(13)8-5-12-3-6-16-7-4-12/h3-4,6-7,9-11,14H,5,8,15H2,1-2H3. The van der Waals surface area contributed by atoms with Gasteiger partial charge in [0.1, 0.15) is 0 Å². The molecule has 2 aromatic rings. The van der Waals surface area contributed by atoms with Crippen LogP contribution in [0.3, 0.4) is 0 Å². The highest BCUT2D eigenvalue weighted by atomic mass is 15.1. The average Bonchev–Trinajstić information content (AvgIpc) is 2.84. The minimum Gasteiger partial charge on any atom is -0.333 e. The molecule has 2 N–H and O–H groups in total. The van der Waals surface area contributed by atoms with Crippen molar-refractivity contribution in [1.29, 1.82) is 0 Å². The van der Waals surface area contributed by atoms with Gasteiger partial charge in [0, 0.05) is 31.2 Å². The monoisotopic (exact) mass is 244 g/mol. The van der Waals surface area contributed by atoms with E-state index in [4.69, 9.17) is 5.73 Å². The molecular formula is C14H20N4. The number of hydrogen-bond donors (Lipinski definition) is 1. The van der Waals surface area contributed by atoms with Crippen molar-refractivity contribution in [2.24, 2.45) is 11.7 Å². The van der Waals surface area contributed by atoms with Crippen molar-refractivity contribution in [3.05, 3.63) is 48.3 Å². The van der Waals surface area contributed by atoms with Gasteiger partial charge in [-0.2, -0.15) is 0 Å². The SMILES string of the molecule is CC(C)C(N)c1cncn1CCc1ccncc1. The summed E-state index contributed by atoms with van der Waals surface area (Å²) >= 11 is 0. The van der Waals surface area contributed by atoms with Crippen LogP contribution in [0.5, 0.6) is 0 Å². The number of aromatic nitrogens is 3. The molecule has 18 heavy (non-hydrogen) atoms. The van der Waals surface area contributed by atoms with Crippen molar-refractivity contribution < 1.29 is 0 Å². The molecule has 0 fully saturated rings. The molecule has 2 aromatic heterocycles. The quantitative estimate of drug-likeness (QED) is 0.877. The van der Waals surface area contributed by atoms with E-state index >= 15 is 0 Å². The number of nitrogens with zero attached hydrogens (tertiary/aromatic N) is 3. The van der Waals surface area contributed by atoms with E-state index in [1.165, 1.54) is 5.56 Å². The van der Waals surface area contributed by atoms with Crippen LogP contribution in [-0.4, -0.2) is 14.5 Å². The van der Waals surface area contributed by atoms with E-state index in [1.54, 1.807) is 0 Å². The van der Waals surface area contributed by atoms with Crippen molar-refractivity contribution in [3.63, 3.8) is 0 Å². The smallest absolute Gasteiger partial charge is 0.0948 e. The van der Waals surface area contributed by atoms with E-state index in [0.717, 1.165) is 18.7 Å². The lowest BCUT2D eigenvalue weighted by Crippen LogP contribution is -2.20. The summed E-state index contributed by atoms with van der Waals surface area (Å²) < 4.78 is 2.14. The molecule has 0 aliphatic heterocycles. The molecule has 96 valence electrons. The molecule has 0 saturated carbocycles. The average molecular weight is 244 g/mol. The van der Waals surface area contributed by atoms with E-state index in [2.05, 4.69) is 28.4 Å². The third-order valence-corrected chi connectivity index (χ3v) is 3.19. The first-order valence-corrected chi connectivity index (χ1v) is 6.33. The molecule has 2 heterocycles. The minimum atomic E-state index is 0.0462. The summed E-state index contributed by atoms with van der Waals surface area (Å²) in [6, 6.07) is 4.13. The van der Waals surface area contributed by atoms with E-state index in [0.29, 0.717) is 5.92 Å². The van der Waals surface area contributed by atoms with Crippen LogP contribution >= 0.6 is 0 Å². The first-order chi connectivity index (χ1) is 8.68. The number of nitrogens with two attached hydrogens (primary N) is 1. The molecule has 1 atom stereocenters. The van der Waals surface area contributed by atoms with E-state index < -0.39 is 0 Å². The second-order valence-corrected chi connectivity index (χ2v) is 4.89. The first kappa shape index (κ1) is 12.8. The van der Waals surface area contributed by atoms with Gasteiger partial charge in [-0.3, -0.25) is 4.98 Å². The lowest BCUT2D eigenvalue weighted by Gasteiger charge is -2.17. The predicted molar refractivity (Wildman–Crippen MR) is 71.9 cm³/mol. The van der Waals surface area contributed by atoms with Crippen molar-refractivity contribution >= 4 is 0 Å². The number of hydrogen-bond acceptors (Lipinski definition) is 3. The summed E-state index contributed by atoms with van der Waals surface area (Å²) in [6.07, 6.45) is 8.35. The molecule has 0 saturated heterocycles. The molecule has 0 aliphatic rings. The Bertz CT molecular complexity index is 476. The molecule has 0 aromatic carbocycles. The van der Waals surface area contributed by atoms with Crippen LogP contribution in [0.1, 0.15) is 31.1 Å². The van der Waals surface area contributed by atoms with Gasteiger partial charge in [0.25, 0.3) is 0 Å². The first-order valence-electron chi connectivity index (χ1n) is 6.33. The summed E-state index contributed by atoms with van der Waals surface area (Å²) in [6.45, 7) is 5.16. The topological polar surface area (TPSA) is 56.7 Å². The third-order valence-electron chi connectivity index (χ3n) is 3.19. The fraction of sp³-hybridized carbons (Fsp3) is 0.429. The minimum absolute atomic E-state index is 0.0462. The lowest BCUT2D eigenvalue weighted by molar-refractivity contribution is 0.477. The van der Waals surface area contributed by atoms with Crippen LogP contribution in [-0.2, 0) is 13.0 Å². The van der Waals surface area contributed by atoms with Gasteiger partial charge >= 0.3 is 0 Å². The Balaban J connectivity index is 2.04. The van der Waals surface area contributed by atoms with Crippen LogP contribution < -0.4 is 5.73 Å². The Kier molecular flexibility index (Phi) is 4.10. The van der Waals surface area contributed by atoms with Crippen LogP contribution in [0, 0.1) is 5.92 Å². The maximum Gasteiger partial charge on any atom is 0.0948 e. The molecular weight excluding hydrogens is 224 g/mol.